The lowest BCUT2D eigenvalue weighted by molar-refractivity contribution is -0.118. The SMILES string of the molecule is Cc1noc(C)c1CSCC(=O)NCC(c1cccc(F)c1)N(C)C. The van der Waals surface area contributed by atoms with Crippen molar-refractivity contribution in [2.24, 2.45) is 0 Å². The van der Waals surface area contributed by atoms with Gasteiger partial charge in [0.25, 0.3) is 0 Å². The molecule has 1 N–H and O–H groups in total. The summed E-state index contributed by atoms with van der Waals surface area (Å²) in [7, 11) is 3.82. The highest BCUT2D eigenvalue weighted by molar-refractivity contribution is 7.99. The van der Waals surface area contributed by atoms with Crippen LogP contribution in [0, 0.1) is 19.7 Å². The molecule has 1 heterocycles. The molecule has 1 unspecified atom stereocenters. The van der Waals surface area contributed by atoms with E-state index < -0.39 is 0 Å². The van der Waals surface area contributed by atoms with Crippen molar-refractivity contribution < 1.29 is 13.7 Å². The zero-order valence-corrected chi connectivity index (χ0v) is 15.8. The Hall–Kier alpha value is -1.86. The Morgan fingerprint density at radius 3 is 2.76 bits per heavy atom. The van der Waals surface area contributed by atoms with Crippen molar-refractivity contribution >= 4 is 17.7 Å². The number of halogens is 1. The summed E-state index contributed by atoms with van der Waals surface area (Å²) in [6.07, 6.45) is 0. The molecule has 0 fully saturated rings. The number of hydrogen-bond acceptors (Lipinski definition) is 5. The summed E-state index contributed by atoms with van der Waals surface area (Å²) in [5, 5.41) is 6.84. The molecule has 5 nitrogen and oxygen atoms in total. The number of thioether (sulfide) groups is 1. The maximum absolute atomic E-state index is 13.4. The lowest BCUT2D eigenvalue weighted by Crippen LogP contribution is -2.35. The first-order valence-corrected chi connectivity index (χ1v) is 9.22. The number of carbonyl (C=O) groups excluding carboxylic acids is 1. The molecule has 136 valence electrons. The van der Waals surface area contributed by atoms with E-state index in [4.69, 9.17) is 4.52 Å². The number of nitrogens with zero attached hydrogens (tertiary/aromatic N) is 2. The number of aryl methyl sites for hydroxylation is 2. The predicted octanol–water partition coefficient (Wildman–Crippen LogP) is 3.08. The molecule has 0 bridgehead atoms. The number of amides is 1. The monoisotopic (exact) mass is 365 g/mol. The second-order valence-corrected chi connectivity index (χ2v) is 7.12. The van der Waals surface area contributed by atoms with E-state index in [1.807, 2.05) is 38.9 Å². The number of nitrogens with one attached hydrogen (secondary N) is 1. The smallest absolute Gasteiger partial charge is 0.230 e. The van der Waals surface area contributed by atoms with Gasteiger partial charge in [0.2, 0.25) is 5.91 Å². The van der Waals surface area contributed by atoms with E-state index in [9.17, 15) is 9.18 Å². The largest absolute Gasteiger partial charge is 0.361 e. The van der Waals surface area contributed by atoms with Crippen LogP contribution < -0.4 is 5.32 Å². The fourth-order valence-corrected chi connectivity index (χ4v) is 3.53. The van der Waals surface area contributed by atoms with Gasteiger partial charge in [0.05, 0.1) is 17.5 Å². The lowest BCUT2D eigenvalue weighted by atomic mass is 10.1. The van der Waals surface area contributed by atoms with Crippen molar-refractivity contribution in [2.75, 3.05) is 26.4 Å². The van der Waals surface area contributed by atoms with Gasteiger partial charge in [-0.05, 0) is 45.6 Å². The lowest BCUT2D eigenvalue weighted by Gasteiger charge is -2.25. The van der Waals surface area contributed by atoms with Crippen molar-refractivity contribution in [2.45, 2.75) is 25.6 Å². The average Bonchev–Trinajstić information content (AvgIpc) is 2.86. The summed E-state index contributed by atoms with van der Waals surface area (Å²) in [6, 6.07) is 6.39. The van der Waals surface area contributed by atoms with Crippen LogP contribution in [0.1, 0.15) is 28.6 Å². The summed E-state index contributed by atoms with van der Waals surface area (Å²) in [6.45, 7) is 4.20. The second-order valence-electron chi connectivity index (χ2n) is 6.13. The maximum Gasteiger partial charge on any atom is 0.230 e. The Morgan fingerprint density at radius 1 is 1.40 bits per heavy atom. The predicted molar refractivity (Wildman–Crippen MR) is 98.0 cm³/mol. The molecule has 1 aromatic carbocycles. The van der Waals surface area contributed by atoms with Crippen LogP contribution in [0.3, 0.4) is 0 Å². The van der Waals surface area contributed by atoms with Crippen LogP contribution in [0.4, 0.5) is 4.39 Å². The van der Waals surface area contributed by atoms with E-state index in [-0.39, 0.29) is 17.8 Å². The highest BCUT2D eigenvalue weighted by atomic mass is 32.2. The summed E-state index contributed by atoms with van der Waals surface area (Å²) in [5.41, 5.74) is 2.75. The molecule has 7 heteroatoms. The molecule has 0 radical (unpaired) electrons. The zero-order valence-electron chi connectivity index (χ0n) is 15.0. The van der Waals surface area contributed by atoms with Crippen molar-refractivity contribution in [3.63, 3.8) is 0 Å². The number of hydrogen-bond donors (Lipinski definition) is 1. The first-order valence-electron chi connectivity index (χ1n) is 8.06. The van der Waals surface area contributed by atoms with E-state index in [1.165, 1.54) is 23.9 Å². The number of aromatic nitrogens is 1. The van der Waals surface area contributed by atoms with Gasteiger partial charge in [-0.2, -0.15) is 0 Å². The summed E-state index contributed by atoms with van der Waals surface area (Å²) < 4.78 is 18.6. The van der Waals surface area contributed by atoms with Crippen molar-refractivity contribution in [1.82, 2.24) is 15.4 Å². The highest BCUT2D eigenvalue weighted by Gasteiger charge is 2.16. The molecule has 2 aromatic rings. The van der Waals surface area contributed by atoms with Gasteiger partial charge in [0, 0.05) is 17.9 Å². The number of rotatable bonds is 8. The molecule has 0 saturated heterocycles. The van der Waals surface area contributed by atoms with E-state index in [0.717, 1.165) is 22.6 Å². The molecular formula is C18H24FN3O2S. The van der Waals surface area contributed by atoms with Crippen LogP contribution in [0.5, 0.6) is 0 Å². The third-order valence-corrected chi connectivity index (χ3v) is 4.97. The van der Waals surface area contributed by atoms with Gasteiger partial charge in [-0.25, -0.2) is 4.39 Å². The van der Waals surface area contributed by atoms with Crippen LogP contribution >= 0.6 is 11.8 Å². The van der Waals surface area contributed by atoms with E-state index in [0.29, 0.717) is 18.1 Å². The van der Waals surface area contributed by atoms with Crippen LogP contribution in [-0.4, -0.2) is 42.4 Å². The van der Waals surface area contributed by atoms with Crippen LogP contribution in [0.25, 0.3) is 0 Å². The topological polar surface area (TPSA) is 58.4 Å². The van der Waals surface area contributed by atoms with E-state index >= 15 is 0 Å². The minimum absolute atomic E-state index is 0.0417. The molecule has 0 saturated carbocycles. The van der Waals surface area contributed by atoms with Gasteiger partial charge in [-0.15, -0.1) is 11.8 Å². The Morgan fingerprint density at radius 2 is 2.16 bits per heavy atom. The number of benzene rings is 1. The molecule has 0 aliphatic carbocycles. The molecule has 0 spiro atoms. The fourth-order valence-electron chi connectivity index (χ4n) is 2.53. The minimum Gasteiger partial charge on any atom is -0.361 e. The van der Waals surface area contributed by atoms with Crippen molar-refractivity contribution in [3.05, 3.63) is 52.7 Å². The maximum atomic E-state index is 13.4. The molecule has 2 rings (SSSR count). The van der Waals surface area contributed by atoms with E-state index in [2.05, 4.69) is 10.5 Å². The van der Waals surface area contributed by atoms with Gasteiger partial charge in [0.15, 0.2) is 0 Å². The molecule has 1 amide bonds. The van der Waals surface area contributed by atoms with Gasteiger partial charge in [-0.1, -0.05) is 17.3 Å². The van der Waals surface area contributed by atoms with Crippen LogP contribution in [0.2, 0.25) is 0 Å². The fraction of sp³-hybridized carbons (Fsp3) is 0.444. The van der Waals surface area contributed by atoms with Crippen LogP contribution in [0.15, 0.2) is 28.8 Å². The molecule has 0 aliphatic heterocycles. The minimum atomic E-state index is -0.273. The second kappa shape index (κ2) is 9.01. The van der Waals surface area contributed by atoms with E-state index in [1.54, 1.807) is 6.07 Å². The third-order valence-electron chi connectivity index (χ3n) is 4.01. The standard InChI is InChI=1S/C18H24FN3O2S/c1-12-16(13(2)24-21-12)10-25-11-18(23)20-9-17(22(3)4)14-6-5-7-15(19)8-14/h5-8,17H,9-11H2,1-4H3,(H,20,23). The summed E-state index contributed by atoms with van der Waals surface area (Å²) in [4.78, 5) is 14.1. The Balaban J connectivity index is 1.83. The quantitative estimate of drug-likeness (QED) is 0.779. The van der Waals surface area contributed by atoms with Gasteiger partial charge in [-0.3, -0.25) is 4.79 Å². The normalized spacial score (nSPS) is 12.4. The number of carbonyl (C=O) groups is 1. The van der Waals surface area contributed by atoms with Crippen molar-refractivity contribution in [3.8, 4) is 0 Å². The Kier molecular flexibility index (Phi) is 7.01. The molecule has 25 heavy (non-hydrogen) atoms. The molecular weight excluding hydrogens is 341 g/mol. The zero-order chi connectivity index (χ0) is 18.4. The van der Waals surface area contributed by atoms with Gasteiger partial charge >= 0.3 is 0 Å². The van der Waals surface area contributed by atoms with Crippen LogP contribution in [-0.2, 0) is 10.5 Å². The van der Waals surface area contributed by atoms with Gasteiger partial charge in [0.1, 0.15) is 11.6 Å². The third kappa shape index (κ3) is 5.57. The highest BCUT2D eigenvalue weighted by Crippen LogP contribution is 2.20. The molecule has 1 atom stereocenters. The molecule has 0 aliphatic rings. The molecule has 1 aromatic heterocycles. The summed E-state index contributed by atoms with van der Waals surface area (Å²) in [5.74, 6) is 1.53. The van der Waals surface area contributed by atoms with Gasteiger partial charge < -0.3 is 14.7 Å². The average molecular weight is 365 g/mol. The Labute approximate surface area is 151 Å². The first kappa shape index (κ1) is 19.5. The number of likely N-dealkylation sites (N-methyl/N-ethyl adjacent to an activating group) is 1. The summed E-state index contributed by atoms with van der Waals surface area (Å²) >= 11 is 1.52. The first-order chi connectivity index (χ1) is 11.9. The Bertz CT molecular complexity index is 699. The van der Waals surface area contributed by atoms with Crippen molar-refractivity contribution in [1.29, 1.82) is 0 Å².